The van der Waals surface area contributed by atoms with Crippen LogP contribution >= 0.6 is 0 Å². The van der Waals surface area contributed by atoms with Crippen molar-refractivity contribution in [2.24, 2.45) is 0 Å². The quantitative estimate of drug-likeness (QED) is 0.512. The Hall–Kier alpha value is -3.43. The molecule has 28 heavy (non-hydrogen) atoms. The van der Waals surface area contributed by atoms with E-state index in [2.05, 4.69) is 5.32 Å². The Balaban J connectivity index is 2.05. The van der Waals surface area contributed by atoms with Crippen LogP contribution in [0.2, 0.25) is 0 Å². The molecule has 0 saturated heterocycles. The molecule has 2 amide bonds. The normalized spacial score (nSPS) is 13.9. The summed E-state index contributed by atoms with van der Waals surface area (Å²) in [5.41, 5.74) is 0.739. The molecular weight excluding hydrogens is 372 g/mol. The van der Waals surface area contributed by atoms with Gasteiger partial charge in [-0.15, -0.1) is 0 Å². The molecule has 1 aromatic rings. The third-order valence-electron chi connectivity index (χ3n) is 4.15. The highest BCUT2D eigenvalue weighted by Gasteiger charge is 2.27. The van der Waals surface area contributed by atoms with Crippen molar-refractivity contribution in [1.29, 1.82) is 0 Å². The minimum absolute atomic E-state index is 0.0480. The molecule has 0 fully saturated rings. The number of carboxylic acids is 2. The van der Waals surface area contributed by atoms with E-state index in [1.54, 1.807) is 12.1 Å². The maximum Gasteiger partial charge on any atom is 0.326 e. The van der Waals surface area contributed by atoms with Gasteiger partial charge in [0.05, 0.1) is 5.69 Å². The zero-order valence-electron chi connectivity index (χ0n) is 15.1. The first-order chi connectivity index (χ1) is 13.2. The van der Waals surface area contributed by atoms with Gasteiger partial charge in [0.2, 0.25) is 5.91 Å². The van der Waals surface area contributed by atoms with Crippen molar-refractivity contribution in [2.45, 2.75) is 32.2 Å². The molecule has 2 rings (SSSR count). The van der Waals surface area contributed by atoms with E-state index in [-0.39, 0.29) is 31.8 Å². The van der Waals surface area contributed by atoms with Crippen molar-refractivity contribution >= 4 is 35.2 Å². The number of nitrogens with one attached hydrogen (secondary N) is 1. The van der Waals surface area contributed by atoms with E-state index in [0.717, 1.165) is 0 Å². The number of benzene rings is 1. The summed E-state index contributed by atoms with van der Waals surface area (Å²) in [6.07, 6.45) is -0.857. The van der Waals surface area contributed by atoms with Crippen molar-refractivity contribution in [3.63, 3.8) is 0 Å². The van der Waals surface area contributed by atoms with E-state index in [4.69, 9.17) is 14.9 Å². The number of anilines is 1. The highest BCUT2D eigenvalue weighted by atomic mass is 16.5. The van der Waals surface area contributed by atoms with Gasteiger partial charge in [-0.3, -0.25) is 19.2 Å². The van der Waals surface area contributed by atoms with Gasteiger partial charge in [-0.25, -0.2) is 4.79 Å². The van der Waals surface area contributed by atoms with Crippen LogP contribution in [0, 0.1) is 0 Å². The Morgan fingerprint density at radius 1 is 1.21 bits per heavy atom. The minimum Gasteiger partial charge on any atom is -0.482 e. The zero-order chi connectivity index (χ0) is 20.8. The van der Waals surface area contributed by atoms with Gasteiger partial charge in [0.1, 0.15) is 11.8 Å². The topological polar surface area (TPSA) is 150 Å². The van der Waals surface area contributed by atoms with Crippen molar-refractivity contribution in [3.05, 3.63) is 23.8 Å². The molecule has 150 valence electrons. The molecule has 1 aliphatic heterocycles. The highest BCUT2D eigenvalue weighted by Crippen LogP contribution is 2.33. The number of fused-ring (bicyclic) bond motifs is 1. The number of rotatable bonds is 9. The third-order valence-corrected chi connectivity index (χ3v) is 4.15. The van der Waals surface area contributed by atoms with Crippen molar-refractivity contribution in [1.82, 2.24) is 5.32 Å². The number of hydrogen-bond donors (Lipinski definition) is 3. The third kappa shape index (κ3) is 5.29. The van der Waals surface area contributed by atoms with Crippen molar-refractivity contribution in [2.75, 3.05) is 18.1 Å². The molecule has 1 heterocycles. The molecule has 0 aromatic heterocycles. The molecule has 0 aliphatic carbocycles. The predicted octanol–water partition coefficient (Wildman–Crippen LogP) is 0.439. The first-order valence-corrected chi connectivity index (χ1v) is 8.51. The van der Waals surface area contributed by atoms with Gasteiger partial charge in [-0.1, -0.05) is 0 Å². The lowest BCUT2D eigenvalue weighted by Gasteiger charge is -2.29. The molecule has 0 spiro atoms. The number of carbonyl (C=O) groups excluding carboxylic acids is 3. The van der Waals surface area contributed by atoms with Gasteiger partial charge >= 0.3 is 11.9 Å². The fourth-order valence-corrected chi connectivity index (χ4v) is 2.67. The molecule has 1 aromatic carbocycles. The molecule has 0 saturated carbocycles. The molecule has 1 atom stereocenters. The number of carboxylic acid groups (broad SMARTS) is 2. The van der Waals surface area contributed by atoms with Crippen molar-refractivity contribution < 1.29 is 38.9 Å². The maximum absolute atomic E-state index is 12.2. The molecule has 3 N–H and O–H groups in total. The number of carbonyl (C=O) groups is 5. The van der Waals surface area contributed by atoms with E-state index < -0.39 is 36.2 Å². The lowest BCUT2D eigenvalue weighted by atomic mass is 10.1. The van der Waals surface area contributed by atoms with E-state index in [9.17, 15) is 24.0 Å². The number of amides is 2. The molecule has 10 heteroatoms. The second kappa shape index (κ2) is 8.98. The average molecular weight is 392 g/mol. The summed E-state index contributed by atoms with van der Waals surface area (Å²) in [5, 5.41) is 20.0. The molecular formula is C18H20N2O8. The predicted molar refractivity (Wildman–Crippen MR) is 95.3 cm³/mol. The number of ether oxygens (including phenoxy) is 1. The molecule has 0 bridgehead atoms. The summed E-state index contributed by atoms with van der Waals surface area (Å²) >= 11 is 0. The molecule has 1 aliphatic rings. The van der Waals surface area contributed by atoms with Crippen LogP contribution < -0.4 is 15.0 Å². The zero-order valence-corrected chi connectivity index (χ0v) is 15.1. The molecule has 1 unspecified atom stereocenters. The van der Waals surface area contributed by atoms with E-state index >= 15 is 0 Å². The van der Waals surface area contributed by atoms with Crippen LogP contribution in [0.15, 0.2) is 18.2 Å². The summed E-state index contributed by atoms with van der Waals surface area (Å²) in [5.74, 6) is -3.34. The first-order valence-electron chi connectivity index (χ1n) is 8.51. The average Bonchev–Trinajstić information content (AvgIpc) is 2.63. The number of hydrogen-bond acceptors (Lipinski definition) is 6. The van der Waals surface area contributed by atoms with Crippen molar-refractivity contribution in [3.8, 4) is 5.75 Å². The van der Waals surface area contributed by atoms with E-state index in [1.165, 1.54) is 17.9 Å². The Morgan fingerprint density at radius 2 is 1.93 bits per heavy atom. The van der Waals surface area contributed by atoms with E-state index in [1.807, 2.05) is 0 Å². The van der Waals surface area contributed by atoms with Crippen LogP contribution in [0.25, 0.3) is 0 Å². The summed E-state index contributed by atoms with van der Waals surface area (Å²) < 4.78 is 5.32. The molecule has 10 nitrogen and oxygen atoms in total. The number of Topliss-reactive ketones (excluding diaryl/α,β-unsaturated/α-hetero) is 1. The fourth-order valence-electron chi connectivity index (χ4n) is 2.67. The van der Waals surface area contributed by atoms with Crippen LogP contribution in [0.4, 0.5) is 5.69 Å². The van der Waals surface area contributed by atoms with Gasteiger partial charge in [0.25, 0.3) is 5.91 Å². The monoisotopic (exact) mass is 392 g/mol. The summed E-state index contributed by atoms with van der Waals surface area (Å²) in [6.45, 7) is 1.12. The van der Waals surface area contributed by atoms with Gasteiger partial charge in [0, 0.05) is 24.9 Å². The lowest BCUT2D eigenvalue weighted by Crippen LogP contribution is -2.44. The second-order valence-corrected chi connectivity index (χ2v) is 6.21. The number of aliphatic carboxylic acids is 2. The van der Waals surface area contributed by atoms with E-state index in [0.29, 0.717) is 17.0 Å². The molecule has 0 radical (unpaired) electrons. The Kier molecular flexibility index (Phi) is 6.69. The summed E-state index contributed by atoms with van der Waals surface area (Å²) in [6, 6.07) is 3.31. The van der Waals surface area contributed by atoms with Crippen LogP contribution in [0.3, 0.4) is 0 Å². The maximum atomic E-state index is 12.2. The SMILES string of the molecule is CC(=O)c1ccc2c(c1)N(CCC(=O)NC(CCC(=O)O)C(=O)O)C(=O)CO2. The second-order valence-electron chi connectivity index (χ2n) is 6.21. The lowest BCUT2D eigenvalue weighted by molar-refractivity contribution is -0.143. The number of ketones is 1. The van der Waals surface area contributed by atoms with Crippen LogP contribution in [-0.2, 0) is 19.2 Å². The Bertz CT molecular complexity index is 820. The first kappa shape index (κ1) is 20.9. The standard InChI is InChI=1S/C18H20N2O8/c1-10(21)11-2-4-14-13(8-11)20(16(23)9-28-14)7-6-15(22)19-12(18(26)27)3-5-17(24)25/h2,4,8,12H,3,5-7,9H2,1H3,(H,19,22)(H,24,25)(H,26,27). The fraction of sp³-hybridized carbons (Fsp3) is 0.389. The summed E-state index contributed by atoms with van der Waals surface area (Å²) in [4.78, 5) is 58.9. The summed E-state index contributed by atoms with van der Waals surface area (Å²) in [7, 11) is 0. The Labute approximate surface area is 160 Å². The Morgan fingerprint density at radius 3 is 2.54 bits per heavy atom. The minimum atomic E-state index is -1.34. The largest absolute Gasteiger partial charge is 0.482 e. The van der Waals surface area contributed by atoms with Crippen LogP contribution in [0.1, 0.15) is 36.5 Å². The smallest absolute Gasteiger partial charge is 0.326 e. The van der Waals surface area contributed by atoms with Gasteiger partial charge in [-0.05, 0) is 31.5 Å². The number of nitrogens with zero attached hydrogens (tertiary/aromatic N) is 1. The van der Waals surface area contributed by atoms with Crippen LogP contribution in [-0.4, -0.2) is 58.9 Å². The van der Waals surface area contributed by atoms with Gasteiger partial charge < -0.3 is 25.2 Å². The van der Waals surface area contributed by atoms with Gasteiger partial charge in [0.15, 0.2) is 12.4 Å². The van der Waals surface area contributed by atoms with Gasteiger partial charge in [-0.2, -0.15) is 0 Å². The highest BCUT2D eigenvalue weighted by molar-refractivity contribution is 6.01. The van der Waals surface area contributed by atoms with Crippen LogP contribution in [0.5, 0.6) is 5.75 Å².